The van der Waals surface area contributed by atoms with Crippen molar-refractivity contribution in [1.29, 1.82) is 0 Å². The molecule has 7 heteroatoms. The molecule has 1 aromatic heterocycles. The zero-order valence-corrected chi connectivity index (χ0v) is 12.1. The van der Waals surface area contributed by atoms with E-state index in [-0.39, 0.29) is 6.04 Å². The maximum atomic E-state index is 12.7. The van der Waals surface area contributed by atoms with Crippen LogP contribution in [-0.4, -0.2) is 60.5 Å². The van der Waals surface area contributed by atoms with Crippen molar-refractivity contribution in [3.05, 3.63) is 11.4 Å². The summed E-state index contributed by atoms with van der Waals surface area (Å²) in [6, 6.07) is -0.0116. The largest absolute Gasteiger partial charge is 0.303 e. The molecule has 1 saturated heterocycles. The van der Waals surface area contributed by atoms with Gasteiger partial charge in [0, 0.05) is 25.7 Å². The quantitative estimate of drug-likeness (QED) is 0.843. The first-order valence-corrected chi connectivity index (χ1v) is 7.50. The first-order valence-electron chi connectivity index (χ1n) is 6.06. The number of piperazine rings is 1. The first-order chi connectivity index (χ1) is 8.34. The zero-order chi connectivity index (χ0) is 13.5. The molecule has 0 radical (unpaired) electrons. The van der Waals surface area contributed by atoms with Gasteiger partial charge < -0.3 is 4.90 Å². The van der Waals surface area contributed by atoms with Crippen LogP contribution in [0.4, 0.5) is 0 Å². The van der Waals surface area contributed by atoms with E-state index >= 15 is 0 Å². The van der Waals surface area contributed by atoms with Crippen LogP contribution in [0.25, 0.3) is 0 Å². The summed E-state index contributed by atoms with van der Waals surface area (Å²) < 4.78 is 26.9. The number of likely N-dealkylation sites (N-methyl/N-ethyl adjacent to an activating group) is 1. The van der Waals surface area contributed by atoms with Gasteiger partial charge in [0.15, 0.2) is 0 Å². The lowest BCUT2D eigenvalue weighted by Crippen LogP contribution is -2.52. The summed E-state index contributed by atoms with van der Waals surface area (Å²) in [6.45, 7) is 7.46. The Balaban J connectivity index is 2.38. The standard InChI is InChI=1S/C11H20N4O2S/c1-8-7-14(4)5-6-15(8)18(16,17)11-9(2)12-13-10(11)3/h8H,5-7H2,1-4H3,(H,12,13). The van der Waals surface area contributed by atoms with E-state index < -0.39 is 10.0 Å². The molecule has 0 aliphatic carbocycles. The van der Waals surface area contributed by atoms with Gasteiger partial charge in [-0.05, 0) is 27.8 Å². The molecule has 2 heterocycles. The van der Waals surface area contributed by atoms with Gasteiger partial charge in [-0.2, -0.15) is 9.40 Å². The van der Waals surface area contributed by atoms with Crippen molar-refractivity contribution in [2.45, 2.75) is 31.7 Å². The minimum atomic E-state index is -3.44. The Labute approximate surface area is 108 Å². The van der Waals surface area contributed by atoms with Gasteiger partial charge in [-0.15, -0.1) is 0 Å². The Morgan fingerprint density at radius 3 is 2.50 bits per heavy atom. The van der Waals surface area contributed by atoms with Crippen LogP contribution in [0.15, 0.2) is 4.90 Å². The third-order valence-electron chi connectivity index (χ3n) is 3.40. The number of aromatic amines is 1. The molecule has 1 N–H and O–H groups in total. The molecule has 1 fully saturated rings. The second kappa shape index (κ2) is 4.64. The van der Waals surface area contributed by atoms with Crippen LogP contribution in [0.5, 0.6) is 0 Å². The van der Waals surface area contributed by atoms with Crippen molar-refractivity contribution in [2.24, 2.45) is 0 Å². The summed E-state index contributed by atoms with van der Waals surface area (Å²) in [5.41, 5.74) is 1.15. The molecule has 0 spiro atoms. The molecular weight excluding hydrogens is 252 g/mol. The third-order valence-corrected chi connectivity index (χ3v) is 5.67. The molecule has 0 saturated carbocycles. The smallest absolute Gasteiger partial charge is 0.247 e. The van der Waals surface area contributed by atoms with Crippen LogP contribution in [0.2, 0.25) is 0 Å². The van der Waals surface area contributed by atoms with Crippen molar-refractivity contribution < 1.29 is 8.42 Å². The lowest BCUT2D eigenvalue weighted by atomic mass is 10.2. The second-order valence-corrected chi connectivity index (χ2v) is 6.82. The highest BCUT2D eigenvalue weighted by molar-refractivity contribution is 7.89. The summed E-state index contributed by atoms with van der Waals surface area (Å²) in [5.74, 6) is 0. The van der Waals surface area contributed by atoms with E-state index in [2.05, 4.69) is 15.1 Å². The average molecular weight is 272 g/mol. The molecule has 1 unspecified atom stereocenters. The van der Waals surface area contributed by atoms with Gasteiger partial charge in [0.2, 0.25) is 10.0 Å². The summed E-state index contributed by atoms with van der Waals surface area (Å²) in [6.07, 6.45) is 0. The van der Waals surface area contributed by atoms with Gasteiger partial charge in [-0.1, -0.05) is 0 Å². The van der Waals surface area contributed by atoms with Crippen LogP contribution >= 0.6 is 0 Å². The molecule has 18 heavy (non-hydrogen) atoms. The molecule has 6 nitrogen and oxygen atoms in total. The van der Waals surface area contributed by atoms with Gasteiger partial charge in [0.25, 0.3) is 0 Å². The predicted molar refractivity (Wildman–Crippen MR) is 68.9 cm³/mol. The molecule has 1 aromatic rings. The molecule has 0 bridgehead atoms. The highest BCUT2D eigenvalue weighted by Gasteiger charge is 2.35. The summed E-state index contributed by atoms with van der Waals surface area (Å²) in [4.78, 5) is 2.48. The first kappa shape index (κ1) is 13.5. The second-order valence-electron chi connectivity index (χ2n) is 4.99. The van der Waals surface area contributed by atoms with Crippen molar-refractivity contribution in [1.82, 2.24) is 19.4 Å². The summed E-state index contributed by atoms with van der Waals surface area (Å²) in [7, 11) is -1.43. The lowest BCUT2D eigenvalue weighted by Gasteiger charge is -2.37. The minimum absolute atomic E-state index is 0.0116. The zero-order valence-electron chi connectivity index (χ0n) is 11.3. The highest BCUT2D eigenvalue weighted by Crippen LogP contribution is 2.24. The average Bonchev–Trinajstić information content (AvgIpc) is 2.58. The fourth-order valence-corrected chi connectivity index (χ4v) is 4.47. The molecule has 1 aliphatic rings. The van der Waals surface area contributed by atoms with Gasteiger partial charge in [0.05, 0.1) is 11.4 Å². The Morgan fingerprint density at radius 1 is 1.33 bits per heavy atom. The van der Waals surface area contributed by atoms with Crippen LogP contribution in [0.1, 0.15) is 18.3 Å². The number of nitrogens with zero attached hydrogens (tertiary/aromatic N) is 3. The minimum Gasteiger partial charge on any atom is -0.303 e. The third kappa shape index (κ3) is 2.17. The van der Waals surface area contributed by atoms with Crippen LogP contribution < -0.4 is 0 Å². The van der Waals surface area contributed by atoms with Gasteiger partial charge >= 0.3 is 0 Å². The van der Waals surface area contributed by atoms with Crippen LogP contribution in [0.3, 0.4) is 0 Å². The number of nitrogens with one attached hydrogen (secondary N) is 1. The van der Waals surface area contributed by atoms with Crippen LogP contribution in [-0.2, 0) is 10.0 Å². The number of aryl methyl sites for hydroxylation is 2. The van der Waals surface area contributed by atoms with Crippen molar-refractivity contribution in [3.63, 3.8) is 0 Å². The Hall–Kier alpha value is -0.920. The van der Waals surface area contributed by atoms with Crippen molar-refractivity contribution >= 4 is 10.0 Å². The van der Waals surface area contributed by atoms with E-state index in [9.17, 15) is 8.42 Å². The molecular formula is C11H20N4O2S. The normalized spacial score (nSPS) is 23.4. The SMILES string of the molecule is Cc1n[nH]c(C)c1S(=O)(=O)N1CCN(C)CC1C. The van der Waals surface area contributed by atoms with E-state index in [1.165, 1.54) is 0 Å². The van der Waals surface area contributed by atoms with Crippen molar-refractivity contribution in [2.75, 3.05) is 26.7 Å². The molecule has 0 aromatic carbocycles. The maximum Gasteiger partial charge on any atom is 0.247 e. The number of rotatable bonds is 2. The Bertz CT molecular complexity index is 518. The molecule has 2 rings (SSSR count). The number of hydrogen-bond donors (Lipinski definition) is 1. The van der Waals surface area contributed by atoms with Gasteiger partial charge in [-0.3, -0.25) is 5.10 Å². The number of aromatic nitrogens is 2. The predicted octanol–water partition coefficient (Wildman–Crippen LogP) is 0.351. The maximum absolute atomic E-state index is 12.7. The Morgan fingerprint density at radius 2 is 2.00 bits per heavy atom. The molecule has 0 amide bonds. The van der Waals surface area contributed by atoms with E-state index in [0.717, 1.165) is 13.1 Å². The number of sulfonamides is 1. The van der Waals surface area contributed by atoms with E-state index in [1.54, 1.807) is 18.2 Å². The Kier molecular flexibility index (Phi) is 3.48. The van der Waals surface area contributed by atoms with Gasteiger partial charge in [0.1, 0.15) is 4.90 Å². The topological polar surface area (TPSA) is 69.3 Å². The van der Waals surface area contributed by atoms with E-state index in [0.29, 0.717) is 22.8 Å². The molecule has 1 aliphatic heterocycles. The monoisotopic (exact) mass is 272 g/mol. The fraction of sp³-hybridized carbons (Fsp3) is 0.727. The fourth-order valence-electron chi connectivity index (χ4n) is 2.52. The highest BCUT2D eigenvalue weighted by atomic mass is 32.2. The van der Waals surface area contributed by atoms with Crippen molar-refractivity contribution in [3.8, 4) is 0 Å². The van der Waals surface area contributed by atoms with E-state index in [1.807, 2.05) is 14.0 Å². The molecule has 1 atom stereocenters. The van der Waals surface area contributed by atoms with Crippen LogP contribution in [0, 0.1) is 13.8 Å². The number of hydrogen-bond acceptors (Lipinski definition) is 4. The number of H-pyrrole nitrogens is 1. The summed E-state index contributed by atoms with van der Waals surface area (Å²) in [5, 5.41) is 6.72. The lowest BCUT2D eigenvalue weighted by molar-refractivity contribution is 0.170. The van der Waals surface area contributed by atoms with E-state index in [4.69, 9.17) is 0 Å². The summed E-state index contributed by atoms with van der Waals surface area (Å²) >= 11 is 0. The molecule has 102 valence electrons. The van der Waals surface area contributed by atoms with Gasteiger partial charge in [-0.25, -0.2) is 8.42 Å².